The first kappa shape index (κ1) is 18.0. The molecule has 0 saturated heterocycles. The monoisotopic (exact) mass is 366 g/mol. The number of carbonyl (C=O) groups is 2. The van der Waals surface area contributed by atoms with E-state index in [1.54, 1.807) is 30.3 Å². The highest BCUT2D eigenvalue weighted by atomic mass is 19.1. The lowest BCUT2D eigenvalue weighted by Crippen LogP contribution is -2.13. The Balaban J connectivity index is 1.68. The van der Waals surface area contributed by atoms with E-state index in [0.29, 0.717) is 16.9 Å². The number of carbonyl (C=O) groups excluding carboxylic acids is 2. The van der Waals surface area contributed by atoms with Crippen LogP contribution in [0.3, 0.4) is 0 Å². The maximum atomic E-state index is 13.2. The quantitative estimate of drug-likeness (QED) is 0.672. The van der Waals surface area contributed by atoms with Crippen molar-refractivity contribution in [2.75, 3.05) is 17.7 Å². The van der Waals surface area contributed by atoms with Crippen molar-refractivity contribution < 1.29 is 18.7 Å². The Morgan fingerprint density at radius 3 is 2.37 bits per heavy atom. The van der Waals surface area contributed by atoms with E-state index < -0.39 is 17.7 Å². The second-order valence-electron chi connectivity index (χ2n) is 5.46. The number of hydrogen-bond acceptors (Lipinski definition) is 6. The number of benzene rings is 2. The molecule has 27 heavy (non-hydrogen) atoms. The number of anilines is 3. The predicted molar refractivity (Wildman–Crippen MR) is 97.4 cm³/mol. The van der Waals surface area contributed by atoms with Crippen LogP contribution in [0.15, 0.2) is 60.9 Å². The van der Waals surface area contributed by atoms with E-state index in [9.17, 15) is 14.0 Å². The molecule has 0 spiro atoms. The molecule has 1 heterocycles. The average Bonchev–Trinajstić information content (AvgIpc) is 2.68. The van der Waals surface area contributed by atoms with Gasteiger partial charge in [0.15, 0.2) is 0 Å². The standard InChI is InChI=1S/C19H15FN4O3/c1-27-18(26)12-4-2-6-15(8-12)24-19-21-10-13(11-22-19)17(25)23-16-7-3-5-14(20)9-16/h2-11H,1H3,(H,23,25)(H,21,22,24). The van der Waals surface area contributed by atoms with Gasteiger partial charge in [0.2, 0.25) is 5.95 Å². The summed E-state index contributed by atoms with van der Waals surface area (Å²) >= 11 is 0. The Bertz CT molecular complexity index is 977. The Morgan fingerprint density at radius 2 is 1.67 bits per heavy atom. The zero-order valence-corrected chi connectivity index (χ0v) is 14.3. The molecule has 136 valence electrons. The lowest BCUT2D eigenvalue weighted by atomic mass is 10.2. The lowest BCUT2D eigenvalue weighted by Gasteiger charge is -2.08. The van der Waals surface area contributed by atoms with E-state index in [0.717, 1.165) is 0 Å². The van der Waals surface area contributed by atoms with E-state index in [1.165, 1.54) is 37.7 Å². The van der Waals surface area contributed by atoms with Crippen LogP contribution >= 0.6 is 0 Å². The van der Waals surface area contributed by atoms with E-state index in [-0.39, 0.29) is 11.5 Å². The van der Waals surface area contributed by atoms with Gasteiger partial charge in [0, 0.05) is 23.8 Å². The van der Waals surface area contributed by atoms with Gasteiger partial charge in [0.25, 0.3) is 5.91 Å². The molecule has 0 bridgehead atoms. The summed E-state index contributed by atoms with van der Waals surface area (Å²) in [5.74, 6) is -1.11. The molecule has 8 heteroatoms. The first-order valence-corrected chi connectivity index (χ1v) is 7.89. The number of hydrogen-bond donors (Lipinski definition) is 2. The number of nitrogens with zero attached hydrogens (tertiary/aromatic N) is 2. The third kappa shape index (κ3) is 4.63. The zero-order chi connectivity index (χ0) is 19.2. The average molecular weight is 366 g/mol. The molecule has 3 rings (SSSR count). The Kier molecular flexibility index (Phi) is 5.36. The van der Waals surface area contributed by atoms with E-state index in [4.69, 9.17) is 0 Å². The van der Waals surface area contributed by atoms with Crippen molar-refractivity contribution in [2.24, 2.45) is 0 Å². The minimum atomic E-state index is -0.458. The van der Waals surface area contributed by atoms with Crippen LogP contribution < -0.4 is 10.6 Å². The minimum absolute atomic E-state index is 0.216. The van der Waals surface area contributed by atoms with Gasteiger partial charge in [0.05, 0.1) is 18.2 Å². The third-order valence-electron chi connectivity index (χ3n) is 3.54. The van der Waals surface area contributed by atoms with Crippen LogP contribution in [0.1, 0.15) is 20.7 Å². The van der Waals surface area contributed by atoms with E-state index in [2.05, 4.69) is 25.3 Å². The normalized spacial score (nSPS) is 10.1. The van der Waals surface area contributed by atoms with Gasteiger partial charge < -0.3 is 15.4 Å². The van der Waals surface area contributed by atoms with Gasteiger partial charge in [-0.2, -0.15) is 0 Å². The second kappa shape index (κ2) is 8.05. The summed E-state index contributed by atoms with van der Waals surface area (Å²) in [5, 5.41) is 5.50. The zero-order valence-electron chi connectivity index (χ0n) is 14.3. The van der Waals surface area contributed by atoms with Gasteiger partial charge in [-0.05, 0) is 36.4 Å². The predicted octanol–water partition coefficient (Wildman–Crippen LogP) is 3.40. The number of ether oxygens (including phenoxy) is 1. The van der Waals surface area contributed by atoms with Crippen LogP contribution in [-0.2, 0) is 4.74 Å². The highest BCUT2D eigenvalue weighted by Gasteiger charge is 2.09. The summed E-state index contributed by atoms with van der Waals surface area (Å²) in [7, 11) is 1.30. The molecular formula is C19H15FN4O3. The summed E-state index contributed by atoms with van der Waals surface area (Å²) in [6, 6.07) is 12.2. The number of amides is 1. The molecule has 0 saturated carbocycles. The molecule has 1 amide bonds. The SMILES string of the molecule is COC(=O)c1cccc(Nc2ncc(C(=O)Nc3cccc(F)c3)cn2)c1. The molecule has 0 aliphatic rings. The molecule has 2 aromatic carbocycles. The summed E-state index contributed by atoms with van der Waals surface area (Å²) in [5.41, 5.74) is 1.53. The van der Waals surface area contributed by atoms with Gasteiger partial charge in [-0.25, -0.2) is 19.2 Å². The third-order valence-corrected chi connectivity index (χ3v) is 3.54. The number of methoxy groups -OCH3 is 1. The maximum Gasteiger partial charge on any atom is 0.337 e. The smallest absolute Gasteiger partial charge is 0.337 e. The topological polar surface area (TPSA) is 93.2 Å². The highest BCUT2D eigenvalue weighted by Crippen LogP contribution is 2.16. The summed E-state index contributed by atoms with van der Waals surface area (Å²) in [4.78, 5) is 31.9. The van der Waals surface area contributed by atoms with Gasteiger partial charge in [0.1, 0.15) is 5.82 Å². The van der Waals surface area contributed by atoms with Crippen molar-refractivity contribution in [1.29, 1.82) is 0 Å². The summed E-state index contributed by atoms with van der Waals surface area (Å²) < 4.78 is 17.8. The first-order valence-electron chi connectivity index (χ1n) is 7.89. The molecule has 1 aromatic heterocycles. The van der Waals surface area contributed by atoms with Crippen LogP contribution in [0.25, 0.3) is 0 Å². The van der Waals surface area contributed by atoms with Crippen LogP contribution in [0.5, 0.6) is 0 Å². The van der Waals surface area contributed by atoms with Gasteiger partial charge in [-0.15, -0.1) is 0 Å². The summed E-state index contributed by atoms with van der Waals surface area (Å²) in [6.07, 6.45) is 2.68. The minimum Gasteiger partial charge on any atom is -0.465 e. The second-order valence-corrected chi connectivity index (χ2v) is 5.46. The number of nitrogens with one attached hydrogen (secondary N) is 2. The van der Waals surface area contributed by atoms with Crippen molar-refractivity contribution in [2.45, 2.75) is 0 Å². The molecule has 0 fully saturated rings. The Morgan fingerprint density at radius 1 is 0.963 bits per heavy atom. The van der Waals surface area contributed by atoms with Crippen LogP contribution in [0, 0.1) is 5.82 Å². The van der Waals surface area contributed by atoms with Crippen LogP contribution in [0.2, 0.25) is 0 Å². The van der Waals surface area contributed by atoms with Crippen molar-refractivity contribution in [3.63, 3.8) is 0 Å². The Hall–Kier alpha value is -3.81. The molecule has 0 unspecified atom stereocenters. The maximum absolute atomic E-state index is 13.2. The fourth-order valence-electron chi connectivity index (χ4n) is 2.25. The molecule has 7 nitrogen and oxygen atoms in total. The number of aromatic nitrogens is 2. The Labute approximate surface area is 154 Å². The first-order chi connectivity index (χ1) is 13.0. The molecule has 3 aromatic rings. The van der Waals surface area contributed by atoms with Gasteiger partial charge in [-0.1, -0.05) is 12.1 Å². The van der Waals surface area contributed by atoms with Crippen molar-refractivity contribution in [1.82, 2.24) is 9.97 Å². The lowest BCUT2D eigenvalue weighted by molar-refractivity contribution is 0.0600. The molecular weight excluding hydrogens is 351 g/mol. The number of halogens is 1. The van der Waals surface area contributed by atoms with Crippen molar-refractivity contribution in [3.8, 4) is 0 Å². The molecule has 2 N–H and O–H groups in total. The van der Waals surface area contributed by atoms with E-state index in [1.807, 2.05) is 0 Å². The summed E-state index contributed by atoms with van der Waals surface area (Å²) in [6.45, 7) is 0. The van der Waals surface area contributed by atoms with Crippen molar-refractivity contribution in [3.05, 3.63) is 77.9 Å². The largest absolute Gasteiger partial charge is 0.465 e. The fourth-order valence-corrected chi connectivity index (χ4v) is 2.25. The molecule has 0 radical (unpaired) electrons. The number of esters is 1. The molecule has 0 atom stereocenters. The van der Waals surface area contributed by atoms with Crippen LogP contribution in [-0.4, -0.2) is 29.0 Å². The number of rotatable bonds is 5. The fraction of sp³-hybridized carbons (Fsp3) is 0.0526. The van der Waals surface area contributed by atoms with Crippen LogP contribution in [0.4, 0.5) is 21.7 Å². The molecule has 0 aliphatic heterocycles. The highest BCUT2D eigenvalue weighted by molar-refractivity contribution is 6.03. The van der Waals surface area contributed by atoms with Gasteiger partial charge in [-0.3, -0.25) is 4.79 Å². The molecule has 0 aliphatic carbocycles. The van der Waals surface area contributed by atoms with E-state index >= 15 is 0 Å². The van der Waals surface area contributed by atoms with Crippen molar-refractivity contribution >= 4 is 29.2 Å². The van der Waals surface area contributed by atoms with Gasteiger partial charge >= 0.3 is 5.97 Å².